The molecule has 194 valence electrons. The smallest absolute Gasteiger partial charge is 0.396 e. The van der Waals surface area contributed by atoms with Gasteiger partial charge in [0.25, 0.3) is 0 Å². The number of alkyl halides is 12. The van der Waals surface area contributed by atoms with E-state index in [2.05, 4.69) is 15.9 Å². The lowest BCUT2D eigenvalue weighted by Gasteiger charge is -2.32. The van der Waals surface area contributed by atoms with Gasteiger partial charge in [0.2, 0.25) is 0 Å². The van der Waals surface area contributed by atoms with Crippen molar-refractivity contribution < 1.29 is 61.9 Å². The Morgan fingerprint density at radius 2 is 1.34 bits per heavy atom. The largest absolute Gasteiger partial charge is 0.458 e. The number of halogens is 14. The lowest BCUT2D eigenvalue weighted by atomic mass is 9.87. The van der Waals surface area contributed by atoms with Crippen LogP contribution in [0.4, 0.5) is 62.8 Å². The minimum absolute atomic E-state index is 0.338. The summed E-state index contributed by atoms with van der Waals surface area (Å²) in [6.07, 6.45) is -21.8. The molecule has 0 aliphatic rings. The molecule has 0 fully saturated rings. The van der Waals surface area contributed by atoms with Crippen LogP contribution in [-0.4, -0.2) is 24.3 Å². The number of hydrogen-bond acceptors (Lipinski definition) is 2. The monoisotopic (exact) mass is 593 g/mol. The van der Waals surface area contributed by atoms with E-state index in [4.69, 9.17) is 5.73 Å². The van der Waals surface area contributed by atoms with Gasteiger partial charge >= 0.3 is 30.1 Å². The number of anilines is 1. The lowest BCUT2D eigenvalue weighted by Crippen LogP contribution is -2.50. The van der Waals surface area contributed by atoms with E-state index in [1.54, 1.807) is 0 Å². The fraction of sp³-hybridized carbons (Fsp3) is 0.316. The van der Waals surface area contributed by atoms with Crippen LogP contribution in [0, 0.1) is 5.82 Å². The van der Waals surface area contributed by atoms with Gasteiger partial charge in [0.15, 0.2) is 11.6 Å². The number of carbonyl (C=O) groups is 1. The van der Waals surface area contributed by atoms with E-state index in [0.29, 0.717) is 0 Å². The van der Waals surface area contributed by atoms with Crippen molar-refractivity contribution in [1.29, 1.82) is 0 Å². The zero-order valence-corrected chi connectivity index (χ0v) is 18.0. The van der Waals surface area contributed by atoms with Crippen LogP contribution >= 0.6 is 15.9 Å². The number of nitrogens with two attached hydrogens (primary N) is 1. The van der Waals surface area contributed by atoms with Crippen LogP contribution in [0.25, 0.3) is 0 Å². The van der Waals surface area contributed by atoms with Crippen molar-refractivity contribution in [3.05, 3.63) is 62.9 Å². The van der Waals surface area contributed by atoms with Gasteiger partial charge < -0.3 is 5.73 Å². The van der Waals surface area contributed by atoms with E-state index in [9.17, 15) is 61.9 Å². The van der Waals surface area contributed by atoms with E-state index < -0.39 is 86.6 Å². The minimum Gasteiger partial charge on any atom is -0.396 e. The molecule has 0 bridgehead atoms. The Labute approximate surface area is 195 Å². The summed E-state index contributed by atoms with van der Waals surface area (Å²) in [5, 5.41) is 0. The standard InChI is InChI=1S/C19H9BrF13NO/c20-11-5-7(15(22,17(25,26)27)18(28,29)30)4-10(16(23,24)19(31,32)33)9(11)6-13(35)8-2-1-3-12(34)14(8)21/h1-5H,6,34H2. The first-order valence-corrected chi connectivity index (χ1v) is 9.54. The molecule has 0 saturated carbocycles. The van der Waals surface area contributed by atoms with E-state index in [1.165, 1.54) is 0 Å². The first-order valence-electron chi connectivity index (χ1n) is 8.74. The first-order chi connectivity index (χ1) is 15.6. The molecule has 0 aromatic heterocycles. The zero-order chi connectivity index (χ0) is 27.4. The molecule has 0 unspecified atom stereocenters. The summed E-state index contributed by atoms with van der Waals surface area (Å²) in [6, 6.07) is 1.39. The third-order valence-electron chi connectivity index (χ3n) is 4.74. The number of nitrogen functional groups attached to an aromatic ring is 1. The lowest BCUT2D eigenvalue weighted by molar-refractivity contribution is -0.348. The van der Waals surface area contributed by atoms with Crippen LogP contribution in [0.3, 0.4) is 0 Å². The van der Waals surface area contributed by atoms with Crippen LogP contribution in [0.1, 0.15) is 27.0 Å². The average Bonchev–Trinajstić information content (AvgIpc) is 2.67. The van der Waals surface area contributed by atoms with E-state index >= 15 is 0 Å². The predicted octanol–water partition coefficient (Wildman–Crippen LogP) is 7.54. The van der Waals surface area contributed by atoms with Gasteiger partial charge in [0, 0.05) is 22.0 Å². The second-order valence-corrected chi connectivity index (χ2v) is 7.87. The molecule has 0 radical (unpaired) electrons. The molecule has 0 atom stereocenters. The number of benzene rings is 2. The molecule has 2 N–H and O–H groups in total. The van der Waals surface area contributed by atoms with Gasteiger partial charge in [-0.15, -0.1) is 0 Å². The van der Waals surface area contributed by atoms with E-state index in [1.807, 2.05) is 0 Å². The van der Waals surface area contributed by atoms with Gasteiger partial charge in [0.1, 0.15) is 0 Å². The van der Waals surface area contributed by atoms with Crippen molar-refractivity contribution in [3.8, 4) is 0 Å². The topological polar surface area (TPSA) is 43.1 Å². The number of carbonyl (C=O) groups excluding carboxylic acids is 1. The van der Waals surface area contributed by atoms with Crippen molar-refractivity contribution in [1.82, 2.24) is 0 Å². The van der Waals surface area contributed by atoms with Gasteiger partial charge in [-0.1, -0.05) is 22.0 Å². The van der Waals surface area contributed by atoms with Gasteiger partial charge in [0.05, 0.1) is 11.3 Å². The summed E-state index contributed by atoms with van der Waals surface area (Å²) in [5.74, 6) is -9.08. The van der Waals surface area contributed by atoms with Crippen LogP contribution < -0.4 is 5.73 Å². The Kier molecular flexibility index (Phi) is 7.26. The molecule has 2 aromatic carbocycles. The molecule has 35 heavy (non-hydrogen) atoms. The second-order valence-electron chi connectivity index (χ2n) is 7.02. The highest BCUT2D eigenvalue weighted by Crippen LogP contribution is 2.55. The Balaban J connectivity index is 2.87. The maximum absolute atomic E-state index is 14.4. The molecule has 2 rings (SSSR count). The van der Waals surface area contributed by atoms with Crippen molar-refractivity contribution in [2.75, 3.05) is 5.73 Å². The SMILES string of the molecule is Nc1cccc(C(=O)Cc2c(Br)cc(C(F)(C(F)(F)F)C(F)(F)F)cc2C(F)(F)C(F)(F)F)c1F. The molecule has 0 aliphatic heterocycles. The highest BCUT2D eigenvalue weighted by Gasteiger charge is 2.74. The van der Waals surface area contributed by atoms with Crippen LogP contribution in [0.15, 0.2) is 34.8 Å². The number of Topliss-reactive ketones (excluding diaryl/α,β-unsaturated/α-hetero) is 1. The highest BCUT2D eigenvalue weighted by molar-refractivity contribution is 9.10. The minimum atomic E-state index is -6.84. The maximum Gasteiger partial charge on any atom is 0.458 e. The Morgan fingerprint density at radius 1 is 0.829 bits per heavy atom. The first kappa shape index (κ1) is 28.7. The molecule has 0 amide bonds. The Hall–Kier alpha value is -2.52. The Bertz CT molecular complexity index is 1120. The molecule has 2 nitrogen and oxygen atoms in total. The summed E-state index contributed by atoms with van der Waals surface area (Å²) in [6.45, 7) is 0. The van der Waals surface area contributed by atoms with Crippen molar-refractivity contribution in [2.45, 2.75) is 36.5 Å². The molecular formula is C19H9BrF13NO. The average molecular weight is 594 g/mol. The zero-order valence-electron chi connectivity index (χ0n) is 16.4. The predicted molar refractivity (Wildman–Crippen MR) is 97.8 cm³/mol. The number of hydrogen-bond donors (Lipinski definition) is 1. The molecular weight excluding hydrogens is 585 g/mol. The van der Waals surface area contributed by atoms with Crippen LogP contribution in [0.2, 0.25) is 0 Å². The molecule has 0 saturated heterocycles. The van der Waals surface area contributed by atoms with Crippen LogP contribution in [0.5, 0.6) is 0 Å². The van der Waals surface area contributed by atoms with Gasteiger partial charge in [-0.3, -0.25) is 4.79 Å². The van der Waals surface area contributed by atoms with Gasteiger partial charge in [-0.2, -0.15) is 48.3 Å². The summed E-state index contributed by atoms with van der Waals surface area (Å²) in [4.78, 5) is 12.4. The summed E-state index contributed by atoms with van der Waals surface area (Å²) >= 11 is 2.24. The maximum atomic E-state index is 14.4. The second kappa shape index (κ2) is 8.85. The van der Waals surface area contributed by atoms with E-state index in [-0.39, 0.29) is 6.07 Å². The number of rotatable bonds is 5. The molecule has 0 spiro atoms. The van der Waals surface area contributed by atoms with Gasteiger partial charge in [-0.25, -0.2) is 8.78 Å². The van der Waals surface area contributed by atoms with Crippen LogP contribution in [-0.2, 0) is 18.0 Å². The Morgan fingerprint density at radius 3 is 1.80 bits per heavy atom. The van der Waals surface area contributed by atoms with Crippen molar-refractivity contribution in [3.63, 3.8) is 0 Å². The molecule has 0 heterocycles. The summed E-state index contributed by atoms with van der Waals surface area (Å²) in [7, 11) is 0. The number of ketones is 1. The summed E-state index contributed by atoms with van der Waals surface area (Å²) in [5.41, 5.74) is -9.39. The molecule has 16 heteroatoms. The van der Waals surface area contributed by atoms with Gasteiger partial charge in [-0.05, 0) is 29.8 Å². The third kappa shape index (κ3) is 4.93. The van der Waals surface area contributed by atoms with E-state index in [0.717, 1.165) is 18.2 Å². The van der Waals surface area contributed by atoms with Crippen molar-refractivity contribution >= 4 is 27.4 Å². The molecule has 2 aromatic rings. The fourth-order valence-electron chi connectivity index (χ4n) is 2.96. The fourth-order valence-corrected chi connectivity index (χ4v) is 3.56. The molecule has 0 aliphatic carbocycles. The summed E-state index contributed by atoms with van der Waals surface area (Å²) < 4.78 is 173. The van der Waals surface area contributed by atoms with Crippen molar-refractivity contribution in [2.24, 2.45) is 0 Å². The highest BCUT2D eigenvalue weighted by atomic mass is 79.9. The third-order valence-corrected chi connectivity index (χ3v) is 5.44. The normalized spacial score (nSPS) is 13.8. The quantitative estimate of drug-likeness (QED) is 0.221.